The van der Waals surface area contributed by atoms with Gasteiger partial charge in [0.1, 0.15) is 11.8 Å². The summed E-state index contributed by atoms with van der Waals surface area (Å²) in [5.41, 5.74) is 0.838. The van der Waals surface area contributed by atoms with Gasteiger partial charge in [0, 0.05) is 79.0 Å². The van der Waals surface area contributed by atoms with Gasteiger partial charge in [0.05, 0.1) is 43.7 Å². The van der Waals surface area contributed by atoms with Crippen molar-refractivity contribution >= 4 is 63.9 Å². The molecular formula is C41H44N4O11. The second kappa shape index (κ2) is 19.4. The van der Waals surface area contributed by atoms with Crippen LogP contribution in [-0.4, -0.2) is 114 Å². The van der Waals surface area contributed by atoms with E-state index in [1.54, 1.807) is 53.2 Å². The van der Waals surface area contributed by atoms with Crippen LogP contribution in [0.5, 0.6) is 0 Å². The summed E-state index contributed by atoms with van der Waals surface area (Å²) in [6.45, 7) is 14.6. The fourth-order valence-corrected chi connectivity index (χ4v) is 5.89. The first kappa shape index (κ1) is 42.6. The number of hydrogen-bond acceptors (Lipinski definition) is 14. The molecule has 0 amide bonds. The molecule has 0 saturated carbocycles. The smallest absolute Gasteiger partial charge is 0.331 e. The first-order chi connectivity index (χ1) is 26.7. The fraction of sp³-hybridized carbons (Fsp3) is 0.341. The van der Waals surface area contributed by atoms with Gasteiger partial charge in [-0.05, 0) is 63.2 Å². The first-order valence-corrected chi connectivity index (χ1v) is 17.8. The number of morpholine rings is 1. The number of carbonyl (C=O) groups is 7. The van der Waals surface area contributed by atoms with Crippen LogP contribution in [0.2, 0.25) is 0 Å². The van der Waals surface area contributed by atoms with E-state index in [0.717, 1.165) is 25.3 Å². The molecule has 3 aromatic rings. The van der Waals surface area contributed by atoms with Crippen LogP contribution < -0.4 is 0 Å². The molecule has 2 aromatic carbocycles. The molecule has 0 spiro atoms. The van der Waals surface area contributed by atoms with Crippen molar-refractivity contribution in [2.45, 2.75) is 52.1 Å². The highest BCUT2D eigenvalue weighted by Crippen LogP contribution is 2.31. The summed E-state index contributed by atoms with van der Waals surface area (Å²) >= 11 is 0. The number of esters is 2. The average molecular weight is 769 g/mol. The molecule has 0 radical (unpaired) electrons. The lowest BCUT2D eigenvalue weighted by Gasteiger charge is -2.39. The van der Waals surface area contributed by atoms with Crippen LogP contribution in [-0.2, 0) is 38.2 Å². The number of benzene rings is 2. The minimum Gasteiger partial charge on any atom is -0.462 e. The number of oxime groups is 1. The zero-order valence-electron chi connectivity index (χ0n) is 31.8. The van der Waals surface area contributed by atoms with Crippen LogP contribution in [0.3, 0.4) is 0 Å². The molecule has 2 heterocycles. The molecule has 0 aliphatic carbocycles. The Balaban J connectivity index is 1.71. The van der Waals surface area contributed by atoms with E-state index in [-0.39, 0.29) is 54.5 Å². The zero-order chi connectivity index (χ0) is 41.0. The molecule has 0 N–H and O–H groups in total. The van der Waals surface area contributed by atoms with E-state index in [2.05, 4.69) is 23.3 Å². The Hall–Kier alpha value is -6.19. The number of rotatable bonds is 19. The Bertz CT molecular complexity index is 2090. The van der Waals surface area contributed by atoms with Crippen LogP contribution >= 0.6 is 0 Å². The molecule has 15 heteroatoms. The number of Topliss-reactive ketones (excluding diaryl/α,β-unsaturated/α-hetero) is 4. The van der Waals surface area contributed by atoms with Gasteiger partial charge in [0.15, 0.2) is 11.6 Å². The van der Waals surface area contributed by atoms with Gasteiger partial charge < -0.3 is 23.6 Å². The Morgan fingerprint density at radius 3 is 2.12 bits per heavy atom. The normalized spacial score (nSPS) is 14.2. The zero-order valence-corrected chi connectivity index (χ0v) is 31.8. The third-order valence-corrected chi connectivity index (χ3v) is 9.04. The van der Waals surface area contributed by atoms with Gasteiger partial charge in [-0.2, -0.15) is 0 Å². The third kappa shape index (κ3) is 10.7. The van der Waals surface area contributed by atoms with Crippen molar-refractivity contribution < 1.29 is 52.6 Å². The molecule has 1 aliphatic heterocycles. The third-order valence-electron chi connectivity index (χ3n) is 9.04. The summed E-state index contributed by atoms with van der Waals surface area (Å²) in [4.78, 5) is 98.7. The van der Waals surface area contributed by atoms with Gasteiger partial charge in [-0.25, -0.2) is 14.4 Å². The quantitative estimate of drug-likeness (QED) is 0.0416. The largest absolute Gasteiger partial charge is 0.462 e. The maximum atomic E-state index is 14.4. The highest BCUT2D eigenvalue weighted by Gasteiger charge is 2.37. The van der Waals surface area contributed by atoms with Crippen LogP contribution in [0.1, 0.15) is 71.6 Å². The van der Waals surface area contributed by atoms with Crippen molar-refractivity contribution in [1.29, 1.82) is 0 Å². The van der Waals surface area contributed by atoms with E-state index in [9.17, 15) is 33.6 Å². The lowest BCUT2D eigenvalue weighted by atomic mass is 9.90. The highest BCUT2D eigenvalue weighted by molar-refractivity contribution is 6.46. The van der Waals surface area contributed by atoms with Crippen molar-refractivity contribution in [3.8, 4) is 5.69 Å². The molecule has 1 saturated heterocycles. The second-order valence-corrected chi connectivity index (χ2v) is 13.2. The van der Waals surface area contributed by atoms with Crippen LogP contribution in [0, 0.1) is 0 Å². The number of carbonyl (C=O) groups excluding carboxylic acids is 7. The van der Waals surface area contributed by atoms with Gasteiger partial charge in [-0.1, -0.05) is 18.3 Å². The van der Waals surface area contributed by atoms with Crippen molar-refractivity contribution in [1.82, 2.24) is 9.47 Å². The summed E-state index contributed by atoms with van der Waals surface area (Å²) in [5, 5.41) is 4.16. The maximum absolute atomic E-state index is 14.4. The Morgan fingerprint density at radius 1 is 0.893 bits per heavy atom. The van der Waals surface area contributed by atoms with E-state index in [0.29, 0.717) is 48.5 Å². The lowest BCUT2D eigenvalue weighted by molar-refractivity contribution is -0.141. The minimum absolute atomic E-state index is 0.0751. The van der Waals surface area contributed by atoms with Crippen LogP contribution in [0.25, 0.3) is 16.6 Å². The second-order valence-electron chi connectivity index (χ2n) is 13.2. The van der Waals surface area contributed by atoms with Crippen molar-refractivity contribution in [3.63, 3.8) is 0 Å². The number of nitrogens with zero attached hydrogens (tertiary/aromatic N) is 4. The highest BCUT2D eigenvalue weighted by atomic mass is 16.7. The van der Waals surface area contributed by atoms with E-state index >= 15 is 0 Å². The van der Waals surface area contributed by atoms with Crippen LogP contribution in [0.15, 0.2) is 84.1 Å². The van der Waals surface area contributed by atoms with Crippen molar-refractivity contribution in [2.75, 3.05) is 39.5 Å². The molecule has 4 rings (SSSR count). The van der Waals surface area contributed by atoms with E-state index in [4.69, 9.17) is 19.0 Å². The lowest BCUT2D eigenvalue weighted by Crippen LogP contribution is -2.54. The van der Waals surface area contributed by atoms with Gasteiger partial charge in [-0.3, -0.25) is 29.1 Å². The number of fused-ring (bicyclic) bond motifs is 1. The number of ether oxygens (including phenoxy) is 3. The molecule has 15 nitrogen and oxygen atoms in total. The first-order valence-electron chi connectivity index (χ1n) is 17.8. The monoisotopic (exact) mass is 768 g/mol. The molecule has 1 aromatic heterocycles. The molecule has 56 heavy (non-hydrogen) atoms. The molecule has 0 bridgehead atoms. The summed E-state index contributed by atoms with van der Waals surface area (Å²) in [5.74, 6) is -3.65. The molecule has 1 unspecified atom stereocenters. The van der Waals surface area contributed by atoms with E-state index in [1.165, 1.54) is 6.92 Å². The van der Waals surface area contributed by atoms with Gasteiger partial charge >= 0.3 is 17.9 Å². The van der Waals surface area contributed by atoms with Gasteiger partial charge in [0.2, 0.25) is 11.6 Å². The Kier molecular flexibility index (Phi) is 14.8. The van der Waals surface area contributed by atoms with Crippen molar-refractivity contribution in [2.24, 2.45) is 10.1 Å². The van der Waals surface area contributed by atoms with Crippen molar-refractivity contribution in [3.05, 3.63) is 90.7 Å². The van der Waals surface area contributed by atoms with Crippen LogP contribution in [0.4, 0.5) is 0 Å². The summed E-state index contributed by atoms with van der Waals surface area (Å²) in [7, 11) is 0. The van der Waals surface area contributed by atoms with Gasteiger partial charge in [-0.15, -0.1) is 0 Å². The topological polar surface area (TPSA) is 189 Å². The molecule has 1 aliphatic rings. The molecule has 1 fully saturated rings. The fourth-order valence-electron chi connectivity index (χ4n) is 5.89. The average Bonchev–Trinajstić information content (AvgIpc) is 3.58. The SMILES string of the molecule is C=CC(=O)OCC/C(=N\OC(C)=O)C(=O)c1ccc(-n2cc(C(=O)C(C)(C)N3CCOCC3)c3cc(C(=O)C=NC(CCOC(=O)C=C)C(C)=O)ccc32)cc1. The standard InChI is InChI=1S/C41H44N4O11/c1-7-37(49)54-19-15-33(26(3)46)42-24-36(48)29-11-14-35-31(23-29)32(40(52)41(5,6)44-17-21-53-22-18-44)25-45(35)30-12-9-28(10-13-30)39(51)34(43-56-27(4)47)16-20-55-38(50)8-2/h7-14,23-25,33H,1-2,15-22H2,3-6H3/b42-24?,43-34+. The summed E-state index contributed by atoms with van der Waals surface area (Å²) < 4.78 is 17.2. The summed E-state index contributed by atoms with van der Waals surface area (Å²) in [6, 6.07) is 10.4. The predicted molar refractivity (Wildman–Crippen MR) is 206 cm³/mol. The number of aliphatic imine (C=N–C) groups is 1. The Labute approximate surface area is 323 Å². The minimum atomic E-state index is -0.942. The van der Waals surface area contributed by atoms with E-state index in [1.807, 2.05) is 18.7 Å². The molecule has 1 atom stereocenters. The molecular weight excluding hydrogens is 724 g/mol. The maximum Gasteiger partial charge on any atom is 0.331 e. The Morgan fingerprint density at radius 2 is 1.52 bits per heavy atom. The number of hydrogen-bond donors (Lipinski definition) is 0. The predicted octanol–water partition coefficient (Wildman–Crippen LogP) is 4.48. The van der Waals surface area contributed by atoms with Gasteiger partial charge in [0.25, 0.3) is 0 Å². The summed E-state index contributed by atoms with van der Waals surface area (Å²) in [6.07, 6.45) is 4.67. The number of aromatic nitrogens is 1. The number of ketones is 4. The van der Waals surface area contributed by atoms with E-state index < -0.39 is 41.1 Å². The molecule has 294 valence electrons.